The fourth-order valence-electron chi connectivity index (χ4n) is 2.62. The summed E-state index contributed by atoms with van der Waals surface area (Å²) in [6.07, 6.45) is 24.5. The highest BCUT2D eigenvalue weighted by Crippen LogP contribution is 2.13. The molecule has 0 bridgehead atoms. The molecular formula is C19H38O2. The number of unbranched alkanes of at least 4 members (excludes halogenated alkanes) is 14. The maximum absolute atomic E-state index is 4.67. The second-order valence-electron chi connectivity index (χ2n) is 6.02. The van der Waals surface area contributed by atoms with Gasteiger partial charge in [-0.3, -0.25) is 0 Å². The fraction of sp³-hybridized carbons (Fsp3) is 0.895. The van der Waals surface area contributed by atoms with Gasteiger partial charge in [-0.05, 0) is 18.9 Å². The third-order valence-electron chi connectivity index (χ3n) is 3.97. The van der Waals surface area contributed by atoms with E-state index in [1.165, 1.54) is 97.0 Å². The van der Waals surface area contributed by atoms with Gasteiger partial charge < -0.3 is 4.89 Å². The van der Waals surface area contributed by atoms with Gasteiger partial charge >= 0.3 is 0 Å². The van der Waals surface area contributed by atoms with Gasteiger partial charge in [-0.2, -0.15) is 4.89 Å². The van der Waals surface area contributed by atoms with Crippen LogP contribution in [0.2, 0.25) is 0 Å². The standard InChI is InChI=1S/C19H38O2/c1-3-4-5-6-7-8-9-10-11-12-13-14-15-16-17-18-19-21-20-2/h18-19H,3-17H2,1-2H3. The maximum atomic E-state index is 4.67. The van der Waals surface area contributed by atoms with Crippen molar-refractivity contribution in [3.63, 3.8) is 0 Å². The zero-order valence-electron chi connectivity index (χ0n) is 14.6. The third kappa shape index (κ3) is 19.5. The molecule has 0 N–H and O–H groups in total. The molecule has 0 atom stereocenters. The van der Waals surface area contributed by atoms with Crippen LogP contribution in [0.15, 0.2) is 12.3 Å². The summed E-state index contributed by atoms with van der Waals surface area (Å²) >= 11 is 0. The highest BCUT2D eigenvalue weighted by Gasteiger charge is 1.93. The molecule has 0 saturated carbocycles. The molecule has 0 aromatic carbocycles. The van der Waals surface area contributed by atoms with E-state index in [1.807, 2.05) is 6.08 Å². The maximum Gasteiger partial charge on any atom is 0.125 e. The van der Waals surface area contributed by atoms with Crippen molar-refractivity contribution in [2.24, 2.45) is 0 Å². The average molecular weight is 299 g/mol. The molecule has 0 heterocycles. The molecule has 0 radical (unpaired) electrons. The van der Waals surface area contributed by atoms with Crippen molar-refractivity contribution in [1.82, 2.24) is 0 Å². The lowest BCUT2D eigenvalue weighted by atomic mass is 10.0. The van der Waals surface area contributed by atoms with Crippen LogP contribution in [-0.4, -0.2) is 7.11 Å². The second-order valence-corrected chi connectivity index (χ2v) is 6.02. The van der Waals surface area contributed by atoms with Crippen LogP contribution in [0, 0.1) is 0 Å². The van der Waals surface area contributed by atoms with Crippen LogP contribution in [0.4, 0.5) is 0 Å². The summed E-state index contributed by atoms with van der Waals surface area (Å²) in [6, 6.07) is 0. The molecule has 0 amide bonds. The predicted octanol–water partition coefficient (Wildman–Crippen LogP) is 6.95. The molecule has 126 valence electrons. The van der Waals surface area contributed by atoms with Crippen molar-refractivity contribution in [1.29, 1.82) is 0 Å². The Morgan fingerprint density at radius 1 is 0.619 bits per heavy atom. The molecular weight excluding hydrogens is 260 g/mol. The minimum atomic E-state index is 1.10. The average Bonchev–Trinajstić information content (AvgIpc) is 2.50. The van der Waals surface area contributed by atoms with Crippen molar-refractivity contribution in [3.05, 3.63) is 12.3 Å². The summed E-state index contributed by atoms with van der Waals surface area (Å²) in [7, 11) is 1.52. The Morgan fingerprint density at radius 2 is 1.05 bits per heavy atom. The van der Waals surface area contributed by atoms with Crippen molar-refractivity contribution in [3.8, 4) is 0 Å². The second kappa shape index (κ2) is 19.5. The van der Waals surface area contributed by atoms with Gasteiger partial charge in [-0.1, -0.05) is 90.4 Å². The molecule has 0 saturated heterocycles. The van der Waals surface area contributed by atoms with E-state index in [0.717, 1.165) is 6.42 Å². The first-order valence-electron chi connectivity index (χ1n) is 9.26. The molecule has 2 heteroatoms. The zero-order valence-corrected chi connectivity index (χ0v) is 14.6. The van der Waals surface area contributed by atoms with Crippen molar-refractivity contribution in [2.75, 3.05) is 7.11 Å². The minimum Gasteiger partial charge on any atom is -0.346 e. The van der Waals surface area contributed by atoms with Gasteiger partial charge in [0.2, 0.25) is 0 Å². The normalized spacial score (nSPS) is 11.3. The molecule has 0 aliphatic carbocycles. The highest BCUT2D eigenvalue weighted by molar-refractivity contribution is 4.71. The lowest BCUT2D eigenvalue weighted by molar-refractivity contribution is -0.222. The topological polar surface area (TPSA) is 18.5 Å². The minimum absolute atomic E-state index is 1.10. The van der Waals surface area contributed by atoms with E-state index in [2.05, 4.69) is 16.7 Å². The van der Waals surface area contributed by atoms with E-state index in [0.29, 0.717) is 0 Å². The molecule has 0 rings (SSSR count). The first-order chi connectivity index (χ1) is 10.4. The first-order valence-corrected chi connectivity index (χ1v) is 9.26. The summed E-state index contributed by atoms with van der Waals surface area (Å²) in [5.74, 6) is 0. The smallest absolute Gasteiger partial charge is 0.125 e. The Bertz CT molecular complexity index is 202. The molecule has 0 unspecified atom stereocenters. The van der Waals surface area contributed by atoms with Crippen LogP contribution in [0.3, 0.4) is 0 Å². The predicted molar refractivity (Wildman–Crippen MR) is 92.2 cm³/mol. The Kier molecular flexibility index (Phi) is 19.0. The highest BCUT2D eigenvalue weighted by atomic mass is 17.2. The van der Waals surface area contributed by atoms with Crippen LogP contribution in [-0.2, 0) is 9.78 Å². The summed E-state index contributed by atoms with van der Waals surface area (Å²) in [5.41, 5.74) is 0. The quantitative estimate of drug-likeness (QED) is 0.125. The lowest BCUT2D eigenvalue weighted by Crippen LogP contribution is -1.83. The van der Waals surface area contributed by atoms with Crippen molar-refractivity contribution >= 4 is 0 Å². The van der Waals surface area contributed by atoms with Gasteiger partial charge in [-0.15, -0.1) is 0 Å². The van der Waals surface area contributed by atoms with E-state index in [4.69, 9.17) is 0 Å². The van der Waals surface area contributed by atoms with Gasteiger partial charge in [0, 0.05) is 0 Å². The number of allylic oxidation sites excluding steroid dienone is 1. The zero-order chi connectivity index (χ0) is 15.4. The van der Waals surface area contributed by atoms with Crippen molar-refractivity contribution < 1.29 is 9.78 Å². The van der Waals surface area contributed by atoms with Gasteiger partial charge in [0.05, 0.1) is 7.11 Å². The third-order valence-corrected chi connectivity index (χ3v) is 3.97. The van der Waals surface area contributed by atoms with Gasteiger partial charge in [0.15, 0.2) is 0 Å². The van der Waals surface area contributed by atoms with Crippen LogP contribution in [0.1, 0.15) is 103 Å². The number of rotatable bonds is 17. The number of hydrogen-bond acceptors (Lipinski definition) is 2. The molecule has 0 spiro atoms. The number of hydrogen-bond donors (Lipinski definition) is 0. The van der Waals surface area contributed by atoms with E-state index < -0.39 is 0 Å². The van der Waals surface area contributed by atoms with E-state index in [-0.39, 0.29) is 0 Å². The molecule has 0 aromatic rings. The SMILES string of the molecule is CCCCCCCCCCCCCCCCC=COOC. The van der Waals surface area contributed by atoms with Crippen LogP contribution < -0.4 is 0 Å². The van der Waals surface area contributed by atoms with E-state index in [1.54, 1.807) is 6.26 Å². The fourth-order valence-corrected chi connectivity index (χ4v) is 2.62. The molecule has 0 aliphatic heterocycles. The van der Waals surface area contributed by atoms with Crippen LogP contribution in [0.5, 0.6) is 0 Å². The van der Waals surface area contributed by atoms with E-state index >= 15 is 0 Å². The van der Waals surface area contributed by atoms with Crippen LogP contribution >= 0.6 is 0 Å². The summed E-state index contributed by atoms with van der Waals surface area (Å²) in [6.45, 7) is 2.28. The summed E-state index contributed by atoms with van der Waals surface area (Å²) in [4.78, 5) is 9.15. The molecule has 0 aromatic heterocycles. The molecule has 2 nitrogen and oxygen atoms in total. The van der Waals surface area contributed by atoms with Crippen molar-refractivity contribution in [2.45, 2.75) is 103 Å². The van der Waals surface area contributed by atoms with Crippen LogP contribution in [0.25, 0.3) is 0 Å². The largest absolute Gasteiger partial charge is 0.346 e. The monoisotopic (exact) mass is 298 g/mol. The summed E-state index contributed by atoms with van der Waals surface area (Å²) in [5, 5.41) is 0. The van der Waals surface area contributed by atoms with Gasteiger partial charge in [-0.25, -0.2) is 0 Å². The first kappa shape index (κ1) is 20.5. The van der Waals surface area contributed by atoms with E-state index in [9.17, 15) is 0 Å². The Morgan fingerprint density at radius 3 is 1.48 bits per heavy atom. The molecule has 0 fully saturated rings. The Balaban J connectivity index is 2.96. The Hall–Kier alpha value is -0.500. The Labute approximate surface area is 133 Å². The van der Waals surface area contributed by atoms with Gasteiger partial charge in [0.25, 0.3) is 0 Å². The molecule has 0 aliphatic rings. The lowest BCUT2D eigenvalue weighted by Gasteiger charge is -2.02. The molecule has 21 heavy (non-hydrogen) atoms. The summed E-state index contributed by atoms with van der Waals surface area (Å²) < 4.78 is 0. The van der Waals surface area contributed by atoms with Gasteiger partial charge in [0.1, 0.15) is 6.26 Å².